The highest BCUT2D eigenvalue weighted by Gasteiger charge is 2.27. The topological polar surface area (TPSA) is 29.9 Å². The molecule has 0 amide bonds. The summed E-state index contributed by atoms with van der Waals surface area (Å²) in [6.45, 7) is 14.0. The molecular formula is C16H25N3. The minimum Gasteiger partial charge on any atom is -0.324 e. The highest BCUT2D eigenvalue weighted by Crippen LogP contribution is 2.28. The third-order valence-electron chi connectivity index (χ3n) is 3.54. The van der Waals surface area contributed by atoms with E-state index in [2.05, 4.69) is 69.6 Å². The minimum absolute atomic E-state index is 0.119. The van der Waals surface area contributed by atoms with Gasteiger partial charge in [0.25, 0.3) is 0 Å². The van der Waals surface area contributed by atoms with Gasteiger partial charge in [-0.25, -0.2) is 4.98 Å². The molecule has 1 N–H and O–H groups in total. The smallest absolute Gasteiger partial charge is 0.129 e. The van der Waals surface area contributed by atoms with E-state index in [1.165, 1.54) is 11.1 Å². The van der Waals surface area contributed by atoms with Crippen LogP contribution in [0.1, 0.15) is 52.0 Å². The standard InChI is InChI=1S/C16H25N3/c1-7-17-16(5,6)15-18-13-10-12(4)8-9-14(13)19(15)11(2)3/h8-11,17H,7H2,1-6H3. The molecule has 0 unspecified atom stereocenters. The number of hydrogen-bond acceptors (Lipinski definition) is 2. The largest absolute Gasteiger partial charge is 0.324 e. The lowest BCUT2D eigenvalue weighted by Gasteiger charge is -2.27. The summed E-state index contributed by atoms with van der Waals surface area (Å²) in [4.78, 5) is 4.89. The second kappa shape index (κ2) is 4.97. The SMILES string of the molecule is CCNC(C)(C)c1nc2cc(C)ccc2n1C(C)C. The fourth-order valence-electron chi connectivity index (χ4n) is 2.69. The average molecular weight is 259 g/mol. The molecule has 0 radical (unpaired) electrons. The Balaban J connectivity index is 2.69. The summed E-state index contributed by atoms with van der Waals surface area (Å²) in [6, 6.07) is 6.91. The third kappa shape index (κ3) is 2.52. The van der Waals surface area contributed by atoms with E-state index in [0.29, 0.717) is 6.04 Å². The van der Waals surface area contributed by atoms with Crippen LogP contribution in [-0.2, 0) is 5.54 Å². The van der Waals surface area contributed by atoms with Crippen LogP contribution >= 0.6 is 0 Å². The van der Waals surface area contributed by atoms with Crippen LogP contribution in [-0.4, -0.2) is 16.1 Å². The Morgan fingerprint density at radius 1 is 1.32 bits per heavy atom. The molecule has 0 aliphatic rings. The van der Waals surface area contributed by atoms with Gasteiger partial charge in [0.1, 0.15) is 5.82 Å². The molecule has 0 saturated heterocycles. The monoisotopic (exact) mass is 259 g/mol. The number of fused-ring (bicyclic) bond motifs is 1. The van der Waals surface area contributed by atoms with Crippen molar-refractivity contribution in [2.24, 2.45) is 0 Å². The zero-order valence-electron chi connectivity index (χ0n) is 12.9. The summed E-state index contributed by atoms with van der Waals surface area (Å²) in [5.41, 5.74) is 3.45. The molecule has 1 aromatic carbocycles. The van der Waals surface area contributed by atoms with Gasteiger partial charge in [-0.05, 0) is 58.9 Å². The number of rotatable bonds is 4. The molecule has 0 aliphatic carbocycles. The highest BCUT2D eigenvalue weighted by molar-refractivity contribution is 5.77. The number of imidazole rings is 1. The average Bonchev–Trinajstić information content (AvgIpc) is 2.67. The van der Waals surface area contributed by atoms with Gasteiger partial charge in [-0.2, -0.15) is 0 Å². The molecular weight excluding hydrogens is 234 g/mol. The van der Waals surface area contributed by atoms with Crippen LogP contribution in [0.2, 0.25) is 0 Å². The molecule has 0 fully saturated rings. The Morgan fingerprint density at radius 3 is 2.58 bits per heavy atom. The molecule has 1 heterocycles. The van der Waals surface area contributed by atoms with Crippen LogP contribution < -0.4 is 5.32 Å². The Kier molecular flexibility index (Phi) is 3.68. The Bertz CT molecular complexity index is 579. The predicted molar refractivity (Wildman–Crippen MR) is 81.6 cm³/mol. The number of nitrogens with one attached hydrogen (secondary N) is 1. The van der Waals surface area contributed by atoms with Gasteiger partial charge in [0, 0.05) is 6.04 Å². The first-order valence-electron chi connectivity index (χ1n) is 7.11. The van der Waals surface area contributed by atoms with E-state index in [-0.39, 0.29) is 5.54 Å². The van der Waals surface area contributed by atoms with E-state index in [4.69, 9.17) is 4.98 Å². The van der Waals surface area contributed by atoms with Crippen molar-refractivity contribution in [1.29, 1.82) is 0 Å². The maximum atomic E-state index is 4.89. The van der Waals surface area contributed by atoms with Crippen molar-refractivity contribution in [3.05, 3.63) is 29.6 Å². The Morgan fingerprint density at radius 2 is 2.00 bits per heavy atom. The molecule has 0 spiro atoms. The van der Waals surface area contributed by atoms with E-state index in [9.17, 15) is 0 Å². The summed E-state index contributed by atoms with van der Waals surface area (Å²) in [6.07, 6.45) is 0. The maximum Gasteiger partial charge on any atom is 0.129 e. The van der Waals surface area contributed by atoms with Gasteiger partial charge < -0.3 is 9.88 Å². The number of benzene rings is 1. The second-order valence-corrected chi connectivity index (χ2v) is 6.05. The molecule has 3 nitrogen and oxygen atoms in total. The summed E-state index contributed by atoms with van der Waals surface area (Å²) >= 11 is 0. The normalized spacial score (nSPS) is 12.6. The van der Waals surface area contributed by atoms with Gasteiger partial charge >= 0.3 is 0 Å². The first kappa shape index (κ1) is 14.1. The zero-order chi connectivity index (χ0) is 14.2. The van der Waals surface area contributed by atoms with Crippen LogP contribution in [0.3, 0.4) is 0 Å². The number of nitrogens with zero attached hydrogens (tertiary/aromatic N) is 2. The van der Waals surface area contributed by atoms with Crippen molar-refractivity contribution < 1.29 is 0 Å². The third-order valence-corrected chi connectivity index (χ3v) is 3.54. The lowest BCUT2D eigenvalue weighted by atomic mass is 10.0. The molecule has 3 heteroatoms. The van der Waals surface area contributed by atoms with Crippen molar-refractivity contribution in [1.82, 2.24) is 14.9 Å². The number of aryl methyl sites for hydroxylation is 1. The van der Waals surface area contributed by atoms with Crippen LogP contribution in [0, 0.1) is 6.92 Å². The van der Waals surface area contributed by atoms with Crippen LogP contribution in [0.15, 0.2) is 18.2 Å². The molecule has 0 atom stereocenters. The Hall–Kier alpha value is -1.35. The van der Waals surface area contributed by atoms with E-state index in [0.717, 1.165) is 17.9 Å². The summed E-state index contributed by atoms with van der Waals surface area (Å²) in [5.74, 6) is 1.12. The lowest BCUT2D eigenvalue weighted by Crippen LogP contribution is -2.39. The van der Waals surface area contributed by atoms with Crippen molar-refractivity contribution in [2.75, 3.05) is 6.54 Å². The summed E-state index contributed by atoms with van der Waals surface area (Å²) in [7, 11) is 0. The quantitative estimate of drug-likeness (QED) is 0.905. The second-order valence-electron chi connectivity index (χ2n) is 6.05. The fraction of sp³-hybridized carbons (Fsp3) is 0.562. The summed E-state index contributed by atoms with van der Waals surface area (Å²) < 4.78 is 2.34. The van der Waals surface area contributed by atoms with Crippen molar-refractivity contribution in [2.45, 2.75) is 53.1 Å². The van der Waals surface area contributed by atoms with Crippen LogP contribution in [0.5, 0.6) is 0 Å². The molecule has 0 bridgehead atoms. The van der Waals surface area contributed by atoms with Gasteiger partial charge in [0.15, 0.2) is 0 Å². The van der Waals surface area contributed by atoms with Crippen molar-refractivity contribution >= 4 is 11.0 Å². The first-order chi connectivity index (χ1) is 8.86. The van der Waals surface area contributed by atoms with Gasteiger partial charge in [0.05, 0.1) is 16.6 Å². The fourth-order valence-corrected chi connectivity index (χ4v) is 2.69. The number of hydrogen-bond donors (Lipinski definition) is 1. The van der Waals surface area contributed by atoms with Gasteiger partial charge in [-0.15, -0.1) is 0 Å². The molecule has 104 valence electrons. The Labute approximate surface area is 116 Å². The molecule has 1 aromatic heterocycles. The van der Waals surface area contributed by atoms with Crippen molar-refractivity contribution in [3.63, 3.8) is 0 Å². The molecule has 0 saturated carbocycles. The van der Waals surface area contributed by atoms with Gasteiger partial charge in [-0.1, -0.05) is 13.0 Å². The maximum absolute atomic E-state index is 4.89. The summed E-state index contributed by atoms with van der Waals surface area (Å²) in [5, 5.41) is 3.53. The van der Waals surface area contributed by atoms with Gasteiger partial charge in [-0.3, -0.25) is 0 Å². The predicted octanol–water partition coefficient (Wildman–Crippen LogP) is 3.77. The molecule has 19 heavy (non-hydrogen) atoms. The highest BCUT2D eigenvalue weighted by atomic mass is 15.2. The zero-order valence-corrected chi connectivity index (χ0v) is 12.9. The van der Waals surface area contributed by atoms with Crippen molar-refractivity contribution in [3.8, 4) is 0 Å². The first-order valence-corrected chi connectivity index (χ1v) is 7.11. The lowest BCUT2D eigenvalue weighted by molar-refractivity contribution is 0.367. The number of aromatic nitrogens is 2. The van der Waals surface area contributed by atoms with E-state index < -0.39 is 0 Å². The van der Waals surface area contributed by atoms with Gasteiger partial charge in [0.2, 0.25) is 0 Å². The van der Waals surface area contributed by atoms with E-state index in [1.54, 1.807) is 0 Å². The van der Waals surface area contributed by atoms with E-state index >= 15 is 0 Å². The molecule has 2 aromatic rings. The molecule has 2 rings (SSSR count). The van der Waals surface area contributed by atoms with E-state index in [1.807, 2.05) is 0 Å². The molecule has 0 aliphatic heterocycles. The van der Waals surface area contributed by atoms with Crippen LogP contribution in [0.25, 0.3) is 11.0 Å². The van der Waals surface area contributed by atoms with Crippen LogP contribution in [0.4, 0.5) is 0 Å². The minimum atomic E-state index is -0.119.